The van der Waals surface area contributed by atoms with Crippen LogP contribution in [0.3, 0.4) is 0 Å². The van der Waals surface area contributed by atoms with Crippen molar-refractivity contribution in [2.45, 2.75) is 37.9 Å². The average Bonchev–Trinajstić information content (AvgIpc) is 2.30. The first-order valence-corrected chi connectivity index (χ1v) is 8.23. The Morgan fingerprint density at radius 2 is 2.00 bits per heavy atom. The highest BCUT2D eigenvalue weighted by atomic mass is 32.2. The van der Waals surface area contributed by atoms with E-state index in [1.54, 1.807) is 0 Å². The molecule has 0 spiro atoms. The van der Waals surface area contributed by atoms with Gasteiger partial charge in [-0.1, -0.05) is 6.92 Å². The molecule has 1 heterocycles. The van der Waals surface area contributed by atoms with E-state index in [4.69, 9.17) is 5.26 Å². The number of sulfone groups is 1. The Hall–Kier alpha value is -0.600. The quantitative estimate of drug-likeness (QED) is 0.748. The van der Waals surface area contributed by atoms with Gasteiger partial charge >= 0.3 is 0 Å². The molecule has 0 aromatic rings. The number of hydrogen-bond donors (Lipinski definition) is 0. The zero-order valence-corrected chi connectivity index (χ0v) is 11.5. The number of hydrogen-bond acceptors (Lipinski definition) is 4. The van der Waals surface area contributed by atoms with Crippen LogP contribution in [0.25, 0.3) is 0 Å². The molecule has 0 saturated carbocycles. The highest BCUT2D eigenvalue weighted by Crippen LogP contribution is 2.18. The lowest BCUT2D eigenvalue weighted by molar-refractivity contribution is 0.219. The summed E-state index contributed by atoms with van der Waals surface area (Å²) in [6.07, 6.45) is 4.60. The number of nitriles is 1. The number of nitrogens with zero attached hydrogens (tertiary/aromatic N) is 2. The van der Waals surface area contributed by atoms with Crippen LogP contribution in [0.15, 0.2) is 0 Å². The van der Waals surface area contributed by atoms with Gasteiger partial charge in [0.15, 0.2) is 0 Å². The Balaban J connectivity index is 2.31. The Labute approximate surface area is 105 Å². The molecule has 0 aromatic carbocycles. The highest BCUT2D eigenvalue weighted by Gasteiger charge is 2.26. The maximum Gasteiger partial charge on any atom is 0.150 e. The summed E-state index contributed by atoms with van der Waals surface area (Å²) in [7, 11) is -2.87. The third-order valence-corrected chi connectivity index (χ3v) is 5.29. The van der Waals surface area contributed by atoms with Crippen LogP contribution in [0.5, 0.6) is 0 Å². The molecule has 1 aliphatic rings. The van der Waals surface area contributed by atoms with Gasteiger partial charge in [-0.05, 0) is 45.3 Å². The van der Waals surface area contributed by atoms with E-state index in [2.05, 4.69) is 11.0 Å². The van der Waals surface area contributed by atoms with Crippen LogP contribution < -0.4 is 0 Å². The molecule has 0 N–H and O–H groups in total. The second-order valence-corrected chi connectivity index (χ2v) is 7.22. The zero-order valence-electron chi connectivity index (χ0n) is 10.7. The molecule has 0 aromatic heterocycles. The first-order chi connectivity index (χ1) is 7.97. The van der Waals surface area contributed by atoms with Crippen molar-refractivity contribution in [2.75, 3.05) is 25.9 Å². The van der Waals surface area contributed by atoms with Gasteiger partial charge in [0.05, 0.1) is 11.3 Å². The maximum atomic E-state index is 11.4. The zero-order chi connectivity index (χ0) is 12.9. The minimum absolute atomic E-state index is 0.141. The first kappa shape index (κ1) is 14.5. The van der Waals surface area contributed by atoms with Crippen LogP contribution >= 0.6 is 0 Å². The lowest BCUT2D eigenvalue weighted by Crippen LogP contribution is -2.39. The Kier molecular flexibility index (Phi) is 5.41. The molecule has 17 heavy (non-hydrogen) atoms. The molecule has 4 nitrogen and oxygen atoms in total. The van der Waals surface area contributed by atoms with Crippen LogP contribution in [0, 0.1) is 17.2 Å². The van der Waals surface area contributed by atoms with Crippen molar-refractivity contribution in [2.24, 2.45) is 5.92 Å². The van der Waals surface area contributed by atoms with Crippen molar-refractivity contribution < 1.29 is 8.42 Å². The Morgan fingerprint density at radius 1 is 1.41 bits per heavy atom. The van der Waals surface area contributed by atoms with Gasteiger partial charge in [-0.3, -0.25) is 0 Å². The summed E-state index contributed by atoms with van der Waals surface area (Å²) < 4.78 is 22.8. The molecule has 1 atom stereocenters. The molecular weight excluding hydrogens is 236 g/mol. The Bertz CT molecular complexity index is 364. The van der Waals surface area contributed by atoms with E-state index < -0.39 is 9.84 Å². The van der Waals surface area contributed by atoms with Crippen LogP contribution in [-0.4, -0.2) is 44.5 Å². The lowest BCUT2D eigenvalue weighted by Gasteiger charge is -2.31. The fourth-order valence-corrected chi connectivity index (χ4v) is 3.33. The van der Waals surface area contributed by atoms with Gasteiger partial charge in [0.1, 0.15) is 9.84 Å². The van der Waals surface area contributed by atoms with Gasteiger partial charge in [0, 0.05) is 12.2 Å². The Morgan fingerprint density at radius 3 is 2.41 bits per heavy atom. The number of piperidine rings is 1. The molecule has 0 bridgehead atoms. The summed E-state index contributed by atoms with van der Waals surface area (Å²) in [6, 6.07) is 2.30. The van der Waals surface area contributed by atoms with E-state index in [1.807, 2.05) is 6.92 Å². The molecule has 1 fully saturated rings. The van der Waals surface area contributed by atoms with E-state index in [0.717, 1.165) is 45.3 Å². The van der Waals surface area contributed by atoms with Gasteiger partial charge in [-0.2, -0.15) is 5.26 Å². The molecule has 1 rings (SSSR count). The third kappa shape index (κ3) is 4.64. The summed E-state index contributed by atoms with van der Waals surface area (Å²) in [5.74, 6) is 0.141. The van der Waals surface area contributed by atoms with Crippen LogP contribution in [0.1, 0.15) is 32.6 Å². The summed E-state index contributed by atoms with van der Waals surface area (Å²) in [5, 5.41) is 8.70. The summed E-state index contributed by atoms with van der Waals surface area (Å²) in [5.41, 5.74) is 0. The lowest BCUT2D eigenvalue weighted by atomic mass is 10.0. The maximum absolute atomic E-state index is 11.4. The van der Waals surface area contributed by atoms with E-state index in [0.29, 0.717) is 0 Å². The highest BCUT2D eigenvalue weighted by molar-refractivity contribution is 7.91. The topological polar surface area (TPSA) is 61.2 Å². The van der Waals surface area contributed by atoms with Gasteiger partial charge in [-0.15, -0.1) is 0 Å². The van der Waals surface area contributed by atoms with Crippen molar-refractivity contribution in [3.05, 3.63) is 0 Å². The van der Waals surface area contributed by atoms with Crippen LogP contribution in [-0.2, 0) is 9.84 Å². The molecule has 98 valence electrons. The van der Waals surface area contributed by atoms with Crippen LogP contribution in [0.2, 0.25) is 0 Å². The molecule has 1 aliphatic heterocycles. The molecular formula is C12H22N2O2S. The van der Waals surface area contributed by atoms with Crippen LogP contribution in [0.4, 0.5) is 0 Å². The second-order valence-electron chi connectivity index (χ2n) is 4.89. The fourth-order valence-electron chi connectivity index (χ4n) is 2.26. The average molecular weight is 258 g/mol. The standard InChI is InChI=1S/C12H22N2O2S/c1-3-11(10-13)4-7-14-8-5-12(6-9-14)17(2,15)16/h11-12H,3-9H2,1-2H3. The number of rotatable bonds is 5. The summed E-state index contributed by atoms with van der Waals surface area (Å²) >= 11 is 0. The molecule has 0 aliphatic carbocycles. The molecule has 5 heteroatoms. The van der Waals surface area contributed by atoms with E-state index in [-0.39, 0.29) is 11.2 Å². The van der Waals surface area contributed by atoms with Gasteiger partial charge < -0.3 is 4.90 Å². The SMILES string of the molecule is CCC(C#N)CCN1CCC(S(C)(=O)=O)CC1. The molecule has 1 saturated heterocycles. The first-order valence-electron chi connectivity index (χ1n) is 6.28. The molecule has 0 amide bonds. The monoisotopic (exact) mass is 258 g/mol. The van der Waals surface area contributed by atoms with Crippen molar-refractivity contribution in [1.29, 1.82) is 5.26 Å². The van der Waals surface area contributed by atoms with Gasteiger partial charge in [0.25, 0.3) is 0 Å². The minimum Gasteiger partial charge on any atom is -0.303 e. The van der Waals surface area contributed by atoms with Gasteiger partial charge in [0.2, 0.25) is 0 Å². The van der Waals surface area contributed by atoms with E-state index >= 15 is 0 Å². The molecule has 0 radical (unpaired) electrons. The summed E-state index contributed by atoms with van der Waals surface area (Å²) in [6.45, 7) is 4.64. The van der Waals surface area contributed by atoms with Crippen molar-refractivity contribution in [3.63, 3.8) is 0 Å². The largest absolute Gasteiger partial charge is 0.303 e. The number of likely N-dealkylation sites (tertiary alicyclic amines) is 1. The summed E-state index contributed by atoms with van der Waals surface area (Å²) in [4.78, 5) is 2.28. The van der Waals surface area contributed by atoms with E-state index in [1.165, 1.54) is 6.26 Å². The fraction of sp³-hybridized carbons (Fsp3) is 0.917. The van der Waals surface area contributed by atoms with Crippen molar-refractivity contribution in [1.82, 2.24) is 4.90 Å². The third-order valence-electron chi connectivity index (χ3n) is 3.61. The van der Waals surface area contributed by atoms with E-state index in [9.17, 15) is 8.42 Å². The predicted octanol–water partition coefficient (Wildman–Crippen LogP) is 1.44. The second kappa shape index (κ2) is 6.36. The molecule has 1 unspecified atom stereocenters. The van der Waals surface area contributed by atoms with Crippen molar-refractivity contribution >= 4 is 9.84 Å². The minimum atomic E-state index is -2.87. The smallest absolute Gasteiger partial charge is 0.150 e. The van der Waals surface area contributed by atoms with Gasteiger partial charge in [-0.25, -0.2) is 8.42 Å². The van der Waals surface area contributed by atoms with Crippen molar-refractivity contribution in [3.8, 4) is 6.07 Å². The normalized spacial score (nSPS) is 21.0. The predicted molar refractivity (Wildman–Crippen MR) is 68.3 cm³/mol.